The highest BCUT2D eigenvalue weighted by atomic mass is 35.5. The van der Waals surface area contributed by atoms with Gasteiger partial charge in [-0.25, -0.2) is 0 Å². The van der Waals surface area contributed by atoms with Crippen LogP contribution >= 0.6 is 12.4 Å². The third kappa shape index (κ3) is 6.13. The second-order valence-electron chi connectivity index (χ2n) is 6.69. The summed E-state index contributed by atoms with van der Waals surface area (Å²) in [6, 6.07) is -0.413. The second-order valence-corrected chi connectivity index (χ2v) is 6.69. The highest BCUT2D eigenvalue weighted by Gasteiger charge is 2.32. The average Bonchev–Trinajstić information content (AvgIpc) is 3.29. The van der Waals surface area contributed by atoms with Gasteiger partial charge in [-0.3, -0.25) is 9.59 Å². The monoisotopic (exact) mass is 331 g/mol. The molecule has 0 aliphatic heterocycles. The van der Waals surface area contributed by atoms with Crippen LogP contribution in [0.3, 0.4) is 0 Å². The molecule has 0 radical (unpaired) electrons. The second kappa shape index (κ2) is 9.36. The topological polar surface area (TPSA) is 84.2 Å². The van der Waals surface area contributed by atoms with E-state index < -0.39 is 6.04 Å². The Balaban J connectivity index is 0.00000242. The van der Waals surface area contributed by atoms with Gasteiger partial charge in [0.25, 0.3) is 0 Å². The third-order valence-corrected chi connectivity index (χ3v) is 4.74. The molecule has 5 nitrogen and oxygen atoms in total. The van der Waals surface area contributed by atoms with Crippen molar-refractivity contribution >= 4 is 24.2 Å². The van der Waals surface area contributed by atoms with Gasteiger partial charge in [0.1, 0.15) is 6.04 Å². The lowest BCUT2D eigenvalue weighted by Gasteiger charge is -2.23. The Morgan fingerprint density at radius 3 is 2.27 bits per heavy atom. The predicted molar refractivity (Wildman–Crippen MR) is 89.8 cm³/mol. The maximum absolute atomic E-state index is 12.1. The van der Waals surface area contributed by atoms with Crippen LogP contribution in [0.4, 0.5) is 0 Å². The van der Waals surface area contributed by atoms with Crippen molar-refractivity contribution in [3.8, 4) is 0 Å². The Kier molecular flexibility index (Phi) is 8.18. The maximum Gasteiger partial charge on any atom is 0.242 e. The SMILES string of the molecule is CC(NC(=O)CC1CCCCC1)C(=O)NC(CN)C1CC1.Cl. The van der Waals surface area contributed by atoms with E-state index >= 15 is 0 Å². The molecular weight excluding hydrogens is 302 g/mol. The van der Waals surface area contributed by atoms with Gasteiger partial charge < -0.3 is 16.4 Å². The molecule has 0 aromatic heterocycles. The van der Waals surface area contributed by atoms with E-state index in [4.69, 9.17) is 5.73 Å². The van der Waals surface area contributed by atoms with Crippen molar-refractivity contribution in [2.24, 2.45) is 17.6 Å². The first-order valence-electron chi connectivity index (χ1n) is 8.40. The van der Waals surface area contributed by atoms with E-state index in [0.29, 0.717) is 24.8 Å². The first-order chi connectivity index (χ1) is 10.1. The van der Waals surface area contributed by atoms with Crippen molar-refractivity contribution in [1.82, 2.24) is 10.6 Å². The highest BCUT2D eigenvalue weighted by Crippen LogP contribution is 2.32. The first kappa shape index (κ1) is 19.2. The van der Waals surface area contributed by atoms with E-state index in [1.165, 1.54) is 19.3 Å². The van der Waals surface area contributed by atoms with Crippen molar-refractivity contribution in [1.29, 1.82) is 0 Å². The van der Waals surface area contributed by atoms with Gasteiger partial charge in [-0.15, -0.1) is 12.4 Å². The van der Waals surface area contributed by atoms with E-state index in [0.717, 1.165) is 25.7 Å². The van der Waals surface area contributed by atoms with Gasteiger partial charge in [0, 0.05) is 19.0 Å². The van der Waals surface area contributed by atoms with Gasteiger partial charge in [-0.2, -0.15) is 0 Å². The largest absolute Gasteiger partial charge is 0.350 e. The van der Waals surface area contributed by atoms with Crippen molar-refractivity contribution in [2.75, 3.05) is 6.54 Å². The minimum absolute atomic E-state index is 0. The Hall–Kier alpha value is -0.810. The Bertz CT molecular complexity index is 368. The molecule has 6 heteroatoms. The zero-order chi connectivity index (χ0) is 15.2. The summed E-state index contributed by atoms with van der Waals surface area (Å²) in [7, 11) is 0. The average molecular weight is 332 g/mol. The van der Waals surface area contributed by atoms with Crippen molar-refractivity contribution < 1.29 is 9.59 Å². The normalized spacial score (nSPS) is 21.4. The van der Waals surface area contributed by atoms with E-state index in [-0.39, 0.29) is 30.3 Å². The number of nitrogens with two attached hydrogens (primary N) is 1. The van der Waals surface area contributed by atoms with E-state index in [1.807, 2.05) is 0 Å². The molecule has 2 amide bonds. The Morgan fingerprint density at radius 2 is 1.73 bits per heavy atom. The van der Waals surface area contributed by atoms with Crippen LogP contribution in [0, 0.1) is 11.8 Å². The van der Waals surface area contributed by atoms with E-state index in [2.05, 4.69) is 10.6 Å². The molecule has 2 atom stereocenters. The lowest BCUT2D eigenvalue weighted by Crippen LogP contribution is -2.50. The summed E-state index contributed by atoms with van der Waals surface area (Å²) < 4.78 is 0. The lowest BCUT2D eigenvalue weighted by molar-refractivity contribution is -0.129. The molecular formula is C16H30ClN3O2. The van der Waals surface area contributed by atoms with Crippen LogP contribution < -0.4 is 16.4 Å². The van der Waals surface area contributed by atoms with Gasteiger partial charge in [0.05, 0.1) is 0 Å². The molecule has 2 rings (SSSR count). The quantitative estimate of drug-likeness (QED) is 0.664. The molecule has 2 saturated carbocycles. The fourth-order valence-electron chi connectivity index (χ4n) is 3.19. The summed E-state index contributed by atoms with van der Waals surface area (Å²) in [6.07, 6.45) is 8.88. The number of hydrogen-bond acceptors (Lipinski definition) is 3. The van der Waals surface area contributed by atoms with Crippen molar-refractivity contribution in [2.45, 2.75) is 70.4 Å². The van der Waals surface area contributed by atoms with Crippen LogP contribution in [0.2, 0.25) is 0 Å². The Morgan fingerprint density at radius 1 is 1.09 bits per heavy atom. The van der Waals surface area contributed by atoms with E-state index in [9.17, 15) is 9.59 Å². The predicted octanol–water partition coefficient (Wildman–Crippen LogP) is 1.74. The van der Waals surface area contributed by atoms with Crippen LogP contribution in [-0.4, -0.2) is 30.4 Å². The van der Waals surface area contributed by atoms with Gasteiger partial charge in [0.2, 0.25) is 11.8 Å². The van der Waals surface area contributed by atoms with Crippen LogP contribution in [0.1, 0.15) is 58.3 Å². The molecule has 128 valence electrons. The lowest BCUT2D eigenvalue weighted by atomic mass is 9.87. The third-order valence-electron chi connectivity index (χ3n) is 4.74. The van der Waals surface area contributed by atoms with Gasteiger partial charge in [-0.1, -0.05) is 19.3 Å². The van der Waals surface area contributed by atoms with Gasteiger partial charge in [-0.05, 0) is 44.4 Å². The molecule has 0 heterocycles. The summed E-state index contributed by atoms with van der Waals surface area (Å²) in [5, 5.41) is 5.78. The van der Waals surface area contributed by atoms with Crippen LogP contribution in [0.15, 0.2) is 0 Å². The summed E-state index contributed by atoms with van der Waals surface area (Å²) >= 11 is 0. The fourth-order valence-corrected chi connectivity index (χ4v) is 3.19. The van der Waals surface area contributed by atoms with Crippen LogP contribution in [0.25, 0.3) is 0 Å². The molecule has 2 unspecified atom stereocenters. The number of rotatable bonds is 7. The number of amides is 2. The molecule has 2 aliphatic rings. The number of hydrogen-bond donors (Lipinski definition) is 3. The van der Waals surface area contributed by atoms with Gasteiger partial charge >= 0.3 is 0 Å². The zero-order valence-electron chi connectivity index (χ0n) is 13.5. The molecule has 0 bridgehead atoms. The molecule has 22 heavy (non-hydrogen) atoms. The van der Waals surface area contributed by atoms with E-state index in [1.54, 1.807) is 6.92 Å². The number of carbonyl (C=O) groups excluding carboxylic acids is 2. The minimum atomic E-state index is -0.478. The van der Waals surface area contributed by atoms with Crippen LogP contribution in [0.5, 0.6) is 0 Å². The molecule has 2 aliphatic carbocycles. The first-order valence-corrected chi connectivity index (χ1v) is 8.40. The number of halogens is 1. The minimum Gasteiger partial charge on any atom is -0.350 e. The summed E-state index contributed by atoms with van der Waals surface area (Å²) in [5.74, 6) is 0.913. The molecule has 0 spiro atoms. The number of nitrogens with one attached hydrogen (secondary N) is 2. The molecule has 0 aromatic carbocycles. The summed E-state index contributed by atoms with van der Waals surface area (Å²) in [5.41, 5.74) is 5.69. The summed E-state index contributed by atoms with van der Waals surface area (Å²) in [6.45, 7) is 2.22. The standard InChI is InChI=1S/C16H29N3O2.ClH/c1-11(16(21)19-14(10-17)13-7-8-13)18-15(20)9-12-5-3-2-4-6-12;/h11-14H,2-10,17H2,1H3,(H,18,20)(H,19,21);1H. The molecule has 4 N–H and O–H groups in total. The molecule has 2 fully saturated rings. The highest BCUT2D eigenvalue weighted by molar-refractivity contribution is 5.87. The summed E-state index contributed by atoms with van der Waals surface area (Å²) in [4.78, 5) is 24.1. The smallest absolute Gasteiger partial charge is 0.242 e. The number of carbonyl (C=O) groups is 2. The molecule has 0 aromatic rings. The van der Waals surface area contributed by atoms with Crippen molar-refractivity contribution in [3.63, 3.8) is 0 Å². The van der Waals surface area contributed by atoms with Crippen LogP contribution in [-0.2, 0) is 9.59 Å². The zero-order valence-corrected chi connectivity index (χ0v) is 14.3. The fraction of sp³-hybridized carbons (Fsp3) is 0.875. The van der Waals surface area contributed by atoms with Gasteiger partial charge in [0.15, 0.2) is 0 Å². The Labute approximate surface area is 139 Å². The van der Waals surface area contributed by atoms with Crippen molar-refractivity contribution in [3.05, 3.63) is 0 Å². The maximum atomic E-state index is 12.1. The molecule has 0 saturated heterocycles.